The first-order valence-corrected chi connectivity index (χ1v) is 6.87. The maximum absolute atomic E-state index is 11.8. The first-order chi connectivity index (χ1) is 7.59. The van der Waals surface area contributed by atoms with E-state index in [2.05, 4.69) is 26.1 Å². The summed E-state index contributed by atoms with van der Waals surface area (Å²) in [5, 5.41) is 3.08. The van der Waals surface area contributed by atoms with Crippen molar-refractivity contribution in [2.24, 2.45) is 17.8 Å². The first-order valence-electron chi connectivity index (χ1n) is 6.87. The quantitative estimate of drug-likeness (QED) is 0.714. The Kier molecular flexibility index (Phi) is 5.86. The molecule has 0 saturated heterocycles. The van der Waals surface area contributed by atoms with Crippen molar-refractivity contribution in [3.8, 4) is 0 Å². The second-order valence-electron chi connectivity index (χ2n) is 5.78. The average molecular weight is 225 g/mol. The van der Waals surface area contributed by atoms with Crippen LogP contribution in [0.2, 0.25) is 0 Å². The molecule has 1 saturated carbocycles. The normalized spacial score (nSPS) is 25.8. The molecule has 0 aromatic carbocycles. The van der Waals surface area contributed by atoms with Gasteiger partial charge in [-0.15, -0.1) is 0 Å². The predicted octanol–water partition coefficient (Wildman–Crippen LogP) is 3.37. The number of amides is 1. The zero-order chi connectivity index (χ0) is 12.0. The third-order valence-corrected chi connectivity index (χ3v) is 3.64. The average Bonchev–Trinajstić information content (AvgIpc) is 2.25. The Bertz CT molecular complexity index is 205. The SMILES string of the molecule is CC(C)CCCNC(=O)C1CCC(C)CC1. The number of carbonyl (C=O) groups is 1. The molecule has 0 radical (unpaired) electrons. The van der Waals surface area contributed by atoms with Crippen LogP contribution in [0.5, 0.6) is 0 Å². The Morgan fingerprint density at radius 3 is 2.44 bits per heavy atom. The smallest absolute Gasteiger partial charge is 0.223 e. The van der Waals surface area contributed by atoms with E-state index in [1.165, 1.54) is 19.3 Å². The van der Waals surface area contributed by atoms with E-state index in [0.717, 1.165) is 37.6 Å². The number of rotatable bonds is 5. The summed E-state index contributed by atoms with van der Waals surface area (Å²) in [6.07, 6.45) is 6.97. The van der Waals surface area contributed by atoms with E-state index in [1.54, 1.807) is 0 Å². The molecular weight excluding hydrogens is 198 g/mol. The molecule has 0 bridgehead atoms. The second kappa shape index (κ2) is 6.93. The highest BCUT2D eigenvalue weighted by atomic mass is 16.1. The zero-order valence-electron chi connectivity index (χ0n) is 11.1. The summed E-state index contributed by atoms with van der Waals surface area (Å²) in [5.74, 6) is 2.17. The lowest BCUT2D eigenvalue weighted by Gasteiger charge is -2.25. The molecule has 0 unspecified atom stereocenters. The van der Waals surface area contributed by atoms with Crippen molar-refractivity contribution in [3.05, 3.63) is 0 Å². The third-order valence-electron chi connectivity index (χ3n) is 3.64. The van der Waals surface area contributed by atoms with Gasteiger partial charge >= 0.3 is 0 Å². The van der Waals surface area contributed by atoms with Gasteiger partial charge in [0.1, 0.15) is 0 Å². The third kappa shape index (κ3) is 5.00. The Morgan fingerprint density at radius 1 is 1.25 bits per heavy atom. The van der Waals surface area contributed by atoms with E-state index in [-0.39, 0.29) is 0 Å². The van der Waals surface area contributed by atoms with Crippen molar-refractivity contribution in [3.63, 3.8) is 0 Å². The van der Waals surface area contributed by atoms with Gasteiger partial charge in [-0.1, -0.05) is 20.8 Å². The van der Waals surface area contributed by atoms with Crippen LogP contribution in [0, 0.1) is 17.8 Å². The Morgan fingerprint density at radius 2 is 1.88 bits per heavy atom. The number of hydrogen-bond acceptors (Lipinski definition) is 1. The minimum Gasteiger partial charge on any atom is -0.356 e. The van der Waals surface area contributed by atoms with E-state index < -0.39 is 0 Å². The zero-order valence-corrected chi connectivity index (χ0v) is 11.1. The lowest BCUT2D eigenvalue weighted by molar-refractivity contribution is -0.126. The molecule has 1 fully saturated rings. The standard InChI is InChI=1S/C14H27NO/c1-11(2)5-4-10-15-14(16)13-8-6-12(3)7-9-13/h11-13H,4-10H2,1-3H3,(H,15,16). The molecule has 2 heteroatoms. The highest BCUT2D eigenvalue weighted by Crippen LogP contribution is 2.28. The second-order valence-corrected chi connectivity index (χ2v) is 5.78. The van der Waals surface area contributed by atoms with Crippen LogP contribution in [0.4, 0.5) is 0 Å². The lowest BCUT2D eigenvalue weighted by atomic mass is 9.82. The molecule has 0 aromatic rings. The maximum atomic E-state index is 11.8. The molecule has 0 aliphatic heterocycles. The van der Waals surface area contributed by atoms with Crippen molar-refractivity contribution in [2.45, 2.75) is 59.3 Å². The fourth-order valence-corrected chi connectivity index (χ4v) is 2.39. The van der Waals surface area contributed by atoms with Gasteiger partial charge in [0, 0.05) is 12.5 Å². The molecule has 0 atom stereocenters. The van der Waals surface area contributed by atoms with Gasteiger partial charge in [0.25, 0.3) is 0 Å². The first kappa shape index (κ1) is 13.5. The molecule has 1 amide bonds. The van der Waals surface area contributed by atoms with Crippen LogP contribution in [0.1, 0.15) is 59.3 Å². The van der Waals surface area contributed by atoms with Crippen LogP contribution < -0.4 is 5.32 Å². The molecule has 2 nitrogen and oxygen atoms in total. The minimum atomic E-state index is 0.301. The van der Waals surface area contributed by atoms with E-state index in [4.69, 9.17) is 0 Å². The van der Waals surface area contributed by atoms with Gasteiger partial charge in [-0.3, -0.25) is 4.79 Å². The van der Waals surface area contributed by atoms with Crippen LogP contribution in [-0.2, 0) is 4.79 Å². The summed E-state index contributed by atoms with van der Waals surface area (Å²) in [7, 11) is 0. The van der Waals surface area contributed by atoms with Gasteiger partial charge in [-0.05, 0) is 50.4 Å². The number of carbonyl (C=O) groups excluding carboxylic acids is 1. The topological polar surface area (TPSA) is 29.1 Å². The molecule has 1 rings (SSSR count). The van der Waals surface area contributed by atoms with Crippen molar-refractivity contribution in [1.29, 1.82) is 0 Å². The van der Waals surface area contributed by atoms with Crippen LogP contribution in [0.3, 0.4) is 0 Å². The van der Waals surface area contributed by atoms with Gasteiger partial charge in [0.05, 0.1) is 0 Å². The van der Waals surface area contributed by atoms with Gasteiger partial charge < -0.3 is 5.32 Å². The van der Waals surface area contributed by atoms with E-state index in [1.807, 2.05) is 0 Å². The molecule has 0 aromatic heterocycles. The fourth-order valence-electron chi connectivity index (χ4n) is 2.39. The van der Waals surface area contributed by atoms with Crippen LogP contribution in [-0.4, -0.2) is 12.5 Å². The Labute approximate surface area is 100 Å². The van der Waals surface area contributed by atoms with Crippen molar-refractivity contribution in [1.82, 2.24) is 5.32 Å². The monoisotopic (exact) mass is 225 g/mol. The van der Waals surface area contributed by atoms with Crippen LogP contribution >= 0.6 is 0 Å². The van der Waals surface area contributed by atoms with Gasteiger partial charge in [0.15, 0.2) is 0 Å². The van der Waals surface area contributed by atoms with E-state index >= 15 is 0 Å². The summed E-state index contributed by atoms with van der Waals surface area (Å²) in [5.41, 5.74) is 0. The maximum Gasteiger partial charge on any atom is 0.223 e. The minimum absolute atomic E-state index is 0.301. The number of hydrogen-bond donors (Lipinski definition) is 1. The molecule has 0 spiro atoms. The van der Waals surface area contributed by atoms with Crippen molar-refractivity contribution in [2.75, 3.05) is 6.54 Å². The van der Waals surface area contributed by atoms with Crippen molar-refractivity contribution >= 4 is 5.91 Å². The van der Waals surface area contributed by atoms with Crippen molar-refractivity contribution < 1.29 is 4.79 Å². The Balaban J connectivity index is 2.10. The summed E-state index contributed by atoms with van der Waals surface area (Å²) >= 11 is 0. The summed E-state index contributed by atoms with van der Waals surface area (Å²) < 4.78 is 0. The fraction of sp³-hybridized carbons (Fsp3) is 0.929. The molecule has 1 aliphatic carbocycles. The summed E-state index contributed by atoms with van der Waals surface area (Å²) in [4.78, 5) is 11.8. The molecule has 16 heavy (non-hydrogen) atoms. The largest absolute Gasteiger partial charge is 0.356 e. The molecule has 1 N–H and O–H groups in total. The van der Waals surface area contributed by atoms with Gasteiger partial charge in [0.2, 0.25) is 5.91 Å². The predicted molar refractivity (Wildman–Crippen MR) is 68.2 cm³/mol. The van der Waals surface area contributed by atoms with Gasteiger partial charge in [-0.2, -0.15) is 0 Å². The molecular formula is C14H27NO. The van der Waals surface area contributed by atoms with E-state index in [0.29, 0.717) is 11.8 Å². The highest BCUT2D eigenvalue weighted by molar-refractivity contribution is 5.78. The van der Waals surface area contributed by atoms with Crippen LogP contribution in [0.25, 0.3) is 0 Å². The Hall–Kier alpha value is -0.530. The number of nitrogens with one attached hydrogen (secondary N) is 1. The van der Waals surface area contributed by atoms with Gasteiger partial charge in [-0.25, -0.2) is 0 Å². The molecule has 94 valence electrons. The molecule has 1 aliphatic rings. The van der Waals surface area contributed by atoms with E-state index in [9.17, 15) is 4.79 Å². The summed E-state index contributed by atoms with van der Waals surface area (Å²) in [6.45, 7) is 7.61. The summed E-state index contributed by atoms with van der Waals surface area (Å²) in [6, 6.07) is 0. The molecule has 0 heterocycles. The van der Waals surface area contributed by atoms with Crippen LogP contribution in [0.15, 0.2) is 0 Å². The lowest BCUT2D eigenvalue weighted by Crippen LogP contribution is -2.33. The highest BCUT2D eigenvalue weighted by Gasteiger charge is 2.23.